The molecule has 1 aromatic carbocycles. The SMILES string of the molecule is CC1(C)CCN(C(CN)c2cc(Cl)c3c(c2)OCO3)C1. The van der Waals surface area contributed by atoms with Crippen LogP contribution < -0.4 is 15.2 Å². The predicted octanol–water partition coefficient (Wildman–Crippen LogP) is 2.80. The van der Waals surface area contributed by atoms with Gasteiger partial charge in [0.1, 0.15) is 0 Å². The fourth-order valence-corrected chi connectivity index (χ4v) is 3.37. The summed E-state index contributed by atoms with van der Waals surface area (Å²) in [6, 6.07) is 4.15. The Morgan fingerprint density at radius 3 is 2.85 bits per heavy atom. The van der Waals surface area contributed by atoms with Gasteiger partial charge in [-0.3, -0.25) is 4.90 Å². The van der Waals surface area contributed by atoms with Crippen LogP contribution in [0, 0.1) is 5.41 Å². The summed E-state index contributed by atoms with van der Waals surface area (Å²) in [5.41, 5.74) is 7.48. The number of halogens is 1. The standard InChI is InChI=1S/C15H21ClN2O2/c1-15(2)3-4-18(8-15)12(7-17)10-5-11(16)14-13(6-10)19-9-20-14/h5-6,12H,3-4,7-9,17H2,1-2H3. The smallest absolute Gasteiger partial charge is 0.231 e. The molecule has 1 atom stereocenters. The lowest BCUT2D eigenvalue weighted by Crippen LogP contribution is -2.33. The second kappa shape index (κ2) is 5.10. The molecule has 1 fully saturated rings. The fraction of sp³-hybridized carbons (Fsp3) is 0.600. The molecule has 2 heterocycles. The van der Waals surface area contributed by atoms with Crippen LogP contribution >= 0.6 is 11.6 Å². The Hall–Kier alpha value is -0.970. The summed E-state index contributed by atoms with van der Waals surface area (Å²) in [4.78, 5) is 2.44. The van der Waals surface area contributed by atoms with Crippen LogP contribution in [0.4, 0.5) is 0 Å². The number of hydrogen-bond acceptors (Lipinski definition) is 4. The van der Waals surface area contributed by atoms with Crippen LogP contribution in [-0.4, -0.2) is 31.3 Å². The lowest BCUT2D eigenvalue weighted by atomic mass is 9.93. The average molecular weight is 297 g/mol. The highest BCUT2D eigenvalue weighted by atomic mass is 35.5. The fourth-order valence-electron chi connectivity index (χ4n) is 3.10. The normalized spacial score (nSPS) is 22.2. The van der Waals surface area contributed by atoms with Gasteiger partial charge in [0.15, 0.2) is 11.5 Å². The van der Waals surface area contributed by atoms with Gasteiger partial charge in [0, 0.05) is 19.1 Å². The second-order valence-electron chi connectivity index (χ2n) is 6.37. The highest BCUT2D eigenvalue weighted by molar-refractivity contribution is 6.32. The van der Waals surface area contributed by atoms with Gasteiger partial charge in [-0.15, -0.1) is 0 Å². The summed E-state index contributed by atoms with van der Waals surface area (Å²) < 4.78 is 10.8. The largest absolute Gasteiger partial charge is 0.454 e. The van der Waals surface area contributed by atoms with Crippen LogP contribution in [0.1, 0.15) is 31.9 Å². The molecular formula is C15H21ClN2O2. The summed E-state index contributed by atoms with van der Waals surface area (Å²) in [5, 5.41) is 0.604. The summed E-state index contributed by atoms with van der Waals surface area (Å²) in [5.74, 6) is 1.37. The van der Waals surface area contributed by atoms with E-state index in [1.165, 1.54) is 6.42 Å². The van der Waals surface area contributed by atoms with E-state index in [1.54, 1.807) is 0 Å². The number of benzene rings is 1. The molecule has 110 valence electrons. The van der Waals surface area contributed by atoms with Crippen LogP contribution in [0.25, 0.3) is 0 Å². The van der Waals surface area contributed by atoms with Crippen LogP contribution in [0.3, 0.4) is 0 Å². The second-order valence-corrected chi connectivity index (χ2v) is 6.78. The van der Waals surface area contributed by atoms with E-state index < -0.39 is 0 Å². The zero-order chi connectivity index (χ0) is 14.3. The predicted molar refractivity (Wildman–Crippen MR) is 79.3 cm³/mol. The van der Waals surface area contributed by atoms with Gasteiger partial charge in [0.2, 0.25) is 6.79 Å². The molecule has 1 unspecified atom stereocenters. The van der Waals surface area contributed by atoms with E-state index in [9.17, 15) is 0 Å². The van der Waals surface area contributed by atoms with Crippen molar-refractivity contribution in [3.63, 3.8) is 0 Å². The summed E-state index contributed by atoms with van der Waals surface area (Å²) in [6.45, 7) is 7.54. The third-order valence-electron chi connectivity index (χ3n) is 4.21. The summed E-state index contributed by atoms with van der Waals surface area (Å²) in [6.07, 6.45) is 1.20. The molecule has 0 bridgehead atoms. The Morgan fingerprint density at radius 1 is 1.40 bits per heavy atom. The van der Waals surface area contributed by atoms with Gasteiger partial charge >= 0.3 is 0 Å². The van der Waals surface area contributed by atoms with Crippen molar-refractivity contribution < 1.29 is 9.47 Å². The molecule has 0 spiro atoms. The third-order valence-corrected chi connectivity index (χ3v) is 4.49. The topological polar surface area (TPSA) is 47.7 Å². The number of hydrogen-bond donors (Lipinski definition) is 1. The Labute approximate surface area is 124 Å². The minimum absolute atomic E-state index is 0.184. The first-order chi connectivity index (χ1) is 9.50. The van der Waals surface area contributed by atoms with Gasteiger partial charge in [-0.05, 0) is 36.1 Å². The van der Waals surface area contributed by atoms with Gasteiger partial charge in [-0.25, -0.2) is 0 Å². The van der Waals surface area contributed by atoms with Gasteiger partial charge < -0.3 is 15.2 Å². The number of rotatable bonds is 3. The number of nitrogens with zero attached hydrogens (tertiary/aromatic N) is 1. The van der Waals surface area contributed by atoms with Crippen molar-refractivity contribution in [3.8, 4) is 11.5 Å². The molecule has 5 heteroatoms. The van der Waals surface area contributed by atoms with E-state index in [2.05, 4.69) is 18.7 Å². The van der Waals surface area contributed by atoms with Gasteiger partial charge in [0.05, 0.1) is 5.02 Å². The molecule has 0 aliphatic carbocycles. The molecule has 2 N–H and O–H groups in total. The van der Waals surface area contributed by atoms with Crippen LogP contribution in [0.5, 0.6) is 11.5 Å². The zero-order valence-corrected chi connectivity index (χ0v) is 12.7. The number of likely N-dealkylation sites (tertiary alicyclic amines) is 1. The molecule has 3 rings (SSSR count). The van der Waals surface area contributed by atoms with Crippen molar-refractivity contribution in [2.45, 2.75) is 26.3 Å². The maximum absolute atomic E-state index is 6.27. The highest BCUT2D eigenvalue weighted by Gasteiger charge is 2.34. The maximum atomic E-state index is 6.27. The Kier molecular flexibility index (Phi) is 3.56. The number of ether oxygens (including phenoxy) is 2. The van der Waals surface area contributed by atoms with Crippen LogP contribution in [0.2, 0.25) is 5.02 Å². The quantitative estimate of drug-likeness (QED) is 0.932. The first-order valence-electron chi connectivity index (χ1n) is 7.03. The van der Waals surface area contributed by atoms with Gasteiger partial charge in [0.25, 0.3) is 0 Å². The molecule has 0 saturated carbocycles. The van der Waals surface area contributed by atoms with E-state index in [1.807, 2.05) is 12.1 Å². The minimum Gasteiger partial charge on any atom is -0.454 e. The molecule has 0 radical (unpaired) electrons. The van der Waals surface area contributed by atoms with E-state index in [-0.39, 0.29) is 12.8 Å². The van der Waals surface area contributed by atoms with Crippen molar-refractivity contribution in [1.82, 2.24) is 4.90 Å². The monoisotopic (exact) mass is 296 g/mol. The maximum Gasteiger partial charge on any atom is 0.231 e. The molecule has 2 aliphatic heterocycles. The first kappa shape index (κ1) is 14.0. The average Bonchev–Trinajstić information content (AvgIpc) is 2.97. The van der Waals surface area contributed by atoms with Crippen molar-refractivity contribution >= 4 is 11.6 Å². The van der Waals surface area contributed by atoms with Crippen LogP contribution in [0.15, 0.2) is 12.1 Å². The van der Waals surface area contributed by atoms with E-state index >= 15 is 0 Å². The van der Waals surface area contributed by atoms with Crippen molar-refractivity contribution in [1.29, 1.82) is 0 Å². The molecular weight excluding hydrogens is 276 g/mol. The lowest BCUT2D eigenvalue weighted by Gasteiger charge is -2.28. The van der Waals surface area contributed by atoms with Gasteiger partial charge in [-0.2, -0.15) is 0 Å². The van der Waals surface area contributed by atoms with E-state index in [0.29, 0.717) is 22.7 Å². The Morgan fingerprint density at radius 2 is 2.20 bits per heavy atom. The van der Waals surface area contributed by atoms with Crippen molar-refractivity contribution in [2.75, 3.05) is 26.4 Å². The molecule has 2 aliphatic rings. The highest BCUT2D eigenvalue weighted by Crippen LogP contribution is 2.43. The van der Waals surface area contributed by atoms with Crippen molar-refractivity contribution in [2.24, 2.45) is 11.1 Å². The van der Waals surface area contributed by atoms with E-state index in [4.69, 9.17) is 26.8 Å². The van der Waals surface area contributed by atoms with Gasteiger partial charge in [-0.1, -0.05) is 25.4 Å². The molecule has 4 nitrogen and oxygen atoms in total. The molecule has 1 aromatic rings. The minimum atomic E-state index is 0.184. The lowest BCUT2D eigenvalue weighted by molar-refractivity contribution is 0.173. The zero-order valence-electron chi connectivity index (χ0n) is 12.0. The van der Waals surface area contributed by atoms with E-state index in [0.717, 1.165) is 24.4 Å². The van der Waals surface area contributed by atoms with Crippen LogP contribution in [-0.2, 0) is 0 Å². The number of nitrogens with two attached hydrogens (primary N) is 1. The Balaban J connectivity index is 1.89. The number of fused-ring (bicyclic) bond motifs is 1. The molecule has 0 amide bonds. The van der Waals surface area contributed by atoms with Crippen molar-refractivity contribution in [3.05, 3.63) is 22.7 Å². The first-order valence-corrected chi connectivity index (χ1v) is 7.41. The summed E-state index contributed by atoms with van der Waals surface area (Å²) in [7, 11) is 0. The molecule has 0 aromatic heterocycles. The molecule has 20 heavy (non-hydrogen) atoms. The Bertz CT molecular complexity index is 519. The molecule has 1 saturated heterocycles. The third kappa shape index (κ3) is 2.48. The summed E-state index contributed by atoms with van der Waals surface area (Å²) >= 11 is 6.27.